The summed E-state index contributed by atoms with van der Waals surface area (Å²) in [6.45, 7) is 3.24. The summed E-state index contributed by atoms with van der Waals surface area (Å²) < 4.78 is 1.87. The first kappa shape index (κ1) is 11.2. The molecule has 0 aliphatic carbocycles. The van der Waals surface area contributed by atoms with E-state index in [0.29, 0.717) is 6.04 Å². The van der Waals surface area contributed by atoms with Crippen LogP contribution in [0.4, 0.5) is 0 Å². The Bertz CT molecular complexity index is 260. The highest BCUT2D eigenvalue weighted by Gasteiger charge is 2.02. The number of hydrogen-bond donors (Lipinski definition) is 2. The lowest BCUT2D eigenvalue weighted by molar-refractivity contribution is 0.276. The molecule has 0 bridgehead atoms. The number of aliphatic hydroxyl groups is 1. The molecule has 0 aliphatic rings. The van der Waals surface area contributed by atoms with Crippen molar-refractivity contribution >= 4 is 0 Å². The molecule has 4 heteroatoms. The Balaban J connectivity index is 2.23. The normalized spacial score (nSPS) is 13.1. The summed E-state index contributed by atoms with van der Waals surface area (Å²) >= 11 is 0. The monoisotopic (exact) mass is 197 g/mol. The molecule has 0 fully saturated rings. The molecule has 1 aromatic rings. The molecule has 4 nitrogen and oxygen atoms in total. The fraction of sp³-hybridized carbons (Fsp3) is 0.700. The van der Waals surface area contributed by atoms with Crippen molar-refractivity contribution in [1.29, 1.82) is 0 Å². The van der Waals surface area contributed by atoms with Crippen LogP contribution in [0.1, 0.15) is 25.5 Å². The van der Waals surface area contributed by atoms with Crippen molar-refractivity contribution in [3.63, 3.8) is 0 Å². The first-order valence-electron chi connectivity index (χ1n) is 5.05. The predicted molar refractivity (Wildman–Crippen MR) is 55.8 cm³/mol. The number of aromatic nitrogens is 2. The molecule has 0 amide bonds. The summed E-state index contributed by atoms with van der Waals surface area (Å²) in [4.78, 5) is 0. The summed E-state index contributed by atoms with van der Waals surface area (Å²) in [5, 5.41) is 16.2. The van der Waals surface area contributed by atoms with Gasteiger partial charge in [0, 0.05) is 32.4 Å². The summed E-state index contributed by atoms with van der Waals surface area (Å²) in [6.07, 6.45) is 3.67. The third-order valence-corrected chi connectivity index (χ3v) is 2.35. The van der Waals surface area contributed by atoms with Crippen molar-refractivity contribution in [2.45, 2.75) is 32.4 Å². The summed E-state index contributed by atoms with van der Waals surface area (Å²) in [7, 11) is 1.94. The second kappa shape index (κ2) is 5.78. The molecule has 2 N–H and O–H groups in total. The van der Waals surface area contributed by atoms with Gasteiger partial charge in [0.1, 0.15) is 0 Å². The van der Waals surface area contributed by atoms with Crippen LogP contribution in [-0.2, 0) is 13.6 Å². The molecule has 0 unspecified atom stereocenters. The Kier molecular flexibility index (Phi) is 4.62. The topological polar surface area (TPSA) is 50.1 Å². The molecule has 0 radical (unpaired) electrons. The lowest BCUT2D eigenvalue weighted by Gasteiger charge is -2.12. The molecular weight excluding hydrogens is 178 g/mol. The lowest BCUT2D eigenvalue weighted by atomic mass is 10.2. The maximum atomic E-state index is 8.67. The number of nitrogens with zero attached hydrogens (tertiary/aromatic N) is 2. The van der Waals surface area contributed by atoms with Gasteiger partial charge < -0.3 is 10.4 Å². The average Bonchev–Trinajstić information content (AvgIpc) is 2.58. The van der Waals surface area contributed by atoms with Gasteiger partial charge in [-0.1, -0.05) is 0 Å². The van der Waals surface area contributed by atoms with Crippen molar-refractivity contribution in [3.8, 4) is 0 Å². The Morgan fingerprint density at radius 1 is 1.64 bits per heavy atom. The smallest absolute Gasteiger partial charge is 0.0518 e. The van der Waals surface area contributed by atoms with Crippen LogP contribution < -0.4 is 5.32 Å². The van der Waals surface area contributed by atoms with Crippen LogP contribution in [0.3, 0.4) is 0 Å². The van der Waals surface area contributed by atoms with Crippen molar-refractivity contribution in [2.75, 3.05) is 6.61 Å². The molecule has 1 rings (SSSR count). The van der Waals surface area contributed by atoms with Gasteiger partial charge in [0.15, 0.2) is 0 Å². The zero-order valence-electron chi connectivity index (χ0n) is 8.90. The van der Waals surface area contributed by atoms with Gasteiger partial charge in [-0.25, -0.2) is 0 Å². The first-order chi connectivity index (χ1) is 6.74. The van der Waals surface area contributed by atoms with Crippen molar-refractivity contribution < 1.29 is 5.11 Å². The molecule has 14 heavy (non-hydrogen) atoms. The van der Waals surface area contributed by atoms with E-state index in [2.05, 4.69) is 17.3 Å². The van der Waals surface area contributed by atoms with E-state index in [4.69, 9.17) is 5.11 Å². The van der Waals surface area contributed by atoms with Crippen LogP contribution in [0, 0.1) is 0 Å². The summed E-state index contributed by atoms with van der Waals surface area (Å²) in [5.41, 5.74) is 1.18. The fourth-order valence-electron chi connectivity index (χ4n) is 1.35. The second-order valence-corrected chi connectivity index (χ2v) is 3.59. The van der Waals surface area contributed by atoms with E-state index in [-0.39, 0.29) is 6.61 Å². The maximum Gasteiger partial charge on any atom is 0.0518 e. The number of aliphatic hydroxyl groups excluding tert-OH is 1. The highest BCUT2D eigenvalue weighted by molar-refractivity contribution is 4.99. The Morgan fingerprint density at radius 2 is 2.43 bits per heavy atom. The zero-order chi connectivity index (χ0) is 10.4. The van der Waals surface area contributed by atoms with E-state index in [1.54, 1.807) is 6.20 Å². The van der Waals surface area contributed by atoms with Gasteiger partial charge in [0.25, 0.3) is 0 Å². The van der Waals surface area contributed by atoms with Crippen molar-refractivity contribution in [1.82, 2.24) is 15.1 Å². The Morgan fingerprint density at radius 3 is 3.00 bits per heavy atom. The average molecular weight is 197 g/mol. The first-order valence-corrected chi connectivity index (χ1v) is 5.05. The molecular formula is C10H19N3O. The van der Waals surface area contributed by atoms with Crippen LogP contribution in [0.2, 0.25) is 0 Å². The molecule has 1 heterocycles. The van der Waals surface area contributed by atoms with E-state index in [9.17, 15) is 0 Å². The molecule has 0 aromatic carbocycles. The minimum atomic E-state index is 0.276. The van der Waals surface area contributed by atoms with Crippen LogP contribution in [0.5, 0.6) is 0 Å². The van der Waals surface area contributed by atoms with Gasteiger partial charge in [0.05, 0.1) is 5.69 Å². The number of nitrogens with one attached hydrogen (secondary N) is 1. The van der Waals surface area contributed by atoms with Crippen LogP contribution in [0.15, 0.2) is 12.3 Å². The Labute approximate surface area is 84.9 Å². The molecule has 80 valence electrons. The standard InChI is InChI=1S/C10H19N3O/c1-9(4-3-7-14)11-8-10-5-6-12-13(10)2/h5-6,9,11,14H,3-4,7-8H2,1-2H3/t9-/m0/s1. The SMILES string of the molecule is C[C@@H](CCCO)NCc1ccnn1C. The molecule has 0 saturated carbocycles. The van der Waals surface area contributed by atoms with Crippen LogP contribution in [0.25, 0.3) is 0 Å². The molecule has 0 spiro atoms. The van der Waals surface area contributed by atoms with E-state index >= 15 is 0 Å². The molecule has 0 saturated heterocycles. The third kappa shape index (κ3) is 3.47. The maximum absolute atomic E-state index is 8.67. The van der Waals surface area contributed by atoms with Crippen molar-refractivity contribution in [2.24, 2.45) is 7.05 Å². The minimum Gasteiger partial charge on any atom is -0.396 e. The second-order valence-electron chi connectivity index (χ2n) is 3.59. The largest absolute Gasteiger partial charge is 0.396 e. The van der Waals surface area contributed by atoms with E-state index in [1.165, 1.54) is 5.69 Å². The van der Waals surface area contributed by atoms with Gasteiger partial charge >= 0.3 is 0 Å². The summed E-state index contributed by atoms with van der Waals surface area (Å²) in [5.74, 6) is 0. The predicted octanol–water partition coefficient (Wildman–Crippen LogP) is 0.671. The highest BCUT2D eigenvalue weighted by atomic mass is 16.2. The van der Waals surface area contributed by atoms with Gasteiger partial charge in [-0.3, -0.25) is 4.68 Å². The van der Waals surface area contributed by atoms with E-state index < -0.39 is 0 Å². The number of rotatable bonds is 6. The summed E-state index contributed by atoms with van der Waals surface area (Å²) in [6, 6.07) is 2.45. The molecule has 0 aliphatic heterocycles. The zero-order valence-corrected chi connectivity index (χ0v) is 8.90. The van der Waals surface area contributed by atoms with Crippen LogP contribution >= 0.6 is 0 Å². The van der Waals surface area contributed by atoms with Gasteiger partial charge in [0.2, 0.25) is 0 Å². The van der Waals surface area contributed by atoms with Crippen LogP contribution in [-0.4, -0.2) is 27.5 Å². The highest BCUT2D eigenvalue weighted by Crippen LogP contribution is 1.99. The molecule has 1 atom stereocenters. The number of aryl methyl sites for hydroxylation is 1. The third-order valence-electron chi connectivity index (χ3n) is 2.35. The quantitative estimate of drug-likeness (QED) is 0.704. The van der Waals surface area contributed by atoms with E-state index in [1.807, 2.05) is 17.8 Å². The van der Waals surface area contributed by atoms with Gasteiger partial charge in [-0.05, 0) is 25.8 Å². The Hall–Kier alpha value is -0.870. The van der Waals surface area contributed by atoms with Gasteiger partial charge in [-0.2, -0.15) is 5.10 Å². The number of hydrogen-bond acceptors (Lipinski definition) is 3. The van der Waals surface area contributed by atoms with E-state index in [0.717, 1.165) is 19.4 Å². The molecule has 1 aromatic heterocycles. The lowest BCUT2D eigenvalue weighted by Crippen LogP contribution is -2.26. The van der Waals surface area contributed by atoms with Gasteiger partial charge in [-0.15, -0.1) is 0 Å². The minimum absolute atomic E-state index is 0.276. The fourth-order valence-corrected chi connectivity index (χ4v) is 1.35. The van der Waals surface area contributed by atoms with Crippen molar-refractivity contribution in [3.05, 3.63) is 18.0 Å².